The Bertz CT molecular complexity index is 496. The number of hydrogen-bond donors (Lipinski definition) is 2. The Kier molecular flexibility index (Phi) is 8.72. The zero-order chi connectivity index (χ0) is 16.4. The van der Waals surface area contributed by atoms with Crippen LogP contribution in [0.3, 0.4) is 0 Å². The minimum Gasteiger partial charge on any atom is -0.469 e. The Balaban J connectivity index is 2.66. The van der Waals surface area contributed by atoms with Crippen molar-refractivity contribution in [1.82, 2.24) is 10.6 Å². The molecule has 1 unspecified atom stereocenters. The average molecular weight is 373 g/mol. The molecule has 0 spiro atoms. The summed E-state index contributed by atoms with van der Waals surface area (Å²) in [4.78, 5) is 23.5. The van der Waals surface area contributed by atoms with Crippen LogP contribution in [0, 0.1) is 0 Å². The van der Waals surface area contributed by atoms with E-state index in [1.54, 1.807) is 7.11 Å². The Hall–Kier alpha value is -1.44. The van der Waals surface area contributed by atoms with E-state index in [2.05, 4.69) is 26.6 Å². The molecule has 0 aromatic heterocycles. The first-order valence-corrected chi connectivity index (χ1v) is 7.67. The van der Waals surface area contributed by atoms with Gasteiger partial charge in [0, 0.05) is 18.1 Å². The van der Waals surface area contributed by atoms with Crippen LogP contribution in [0.25, 0.3) is 0 Å². The Morgan fingerprint density at radius 1 is 1.32 bits per heavy atom. The molecule has 1 aromatic rings. The number of hydrogen-bond acceptors (Lipinski definition) is 5. The molecule has 0 saturated heterocycles. The van der Waals surface area contributed by atoms with Crippen molar-refractivity contribution in [3.8, 4) is 0 Å². The van der Waals surface area contributed by atoms with Gasteiger partial charge in [-0.15, -0.1) is 0 Å². The first-order chi connectivity index (χ1) is 10.6. The third-order valence-corrected chi connectivity index (χ3v) is 3.45. The number of carbonyl (C=O) groups is 2. The molecule has 0 aliphatic rings. The molecule has 0 fully saturated rings. The van der Waals surface area contributed by atoms with Gasteiger partial charge >= 0.3 is 5.97 Å². The smallest absolute Gasteiger partial charge is 0.307 e. The Morgan fingerprint density at radius 2 is 2.09 bits per heavy atom. The minimum absolute atomic E-state index is 0.0801. The van der Waals surface area contributed by atoms with Crippen molar-refractivity contribution in [2.24, 2.45) is 0 Å². The number of nitrogens with one attached hydrogen (secondary N) is 2. The second-order valence-electron chi connectivity index (χ2n) is 4.62. The van der Waals surface area contributed by atoms with Crippen molar-refractivity contribution in [3.05, 3.63) is 34.3 Å². The first kappa shape index (κ1) is 18.6. The zero-order valence-electron chi connectivity index (χ0n) is 12.7. The molecule has 7 heteroatoms. The van der Waals surface area contributed by atoms with Crippen LogP contribution in [0.1, 0.15) is 18.0 Å². The molecule has 1 rings (SSSR count). The molecule has 122 valence electrons. The number of rotatable bonds is 9. The molecule has 0 aliphatic heterocycles. The van der Waals surface area contributed by atoms with Gasteiger partial charge < -0.3 is 20.1 Å². The van der Waals surface area contributed by atoms with Gasteiger partial charge in [-0.3, -0.25) is 9.59 Å². The summed E-state index contributed by atoms with van der Waals surface area (Å²) >= 11 is 3.38. The first-order valence-electron chi connectivity index (χ1n) is 6.88. The van der Waals surface area contributed by atoms with Crippen LogP contribution in [0.4, 0.5) is 0 Å². The predicted molar refractivity (Wildman–Crippen MR) is 86.4 cm³/mol. The number of ether oxygens (including phenoxy) is 2. The van der Waals surface area contributed by atoms with Gasteiger partial charge in [0.05, 0.1) is 32.7 Å². The standard InChI is InChI=1S/C15H21BrN2O4/c1-21-7-6-17-10-14(19)18-13(9-15(20)22-2)11-4-3-5-12(16)8-11/h3-5,8,13,17H,6-7,9-10H2,1-2H3,(H,18,19). The maximum atomic E-state index is 12.0. The quantitative estimate of drug-likeness (QED) is 0.506. The van der Waals surface area contributed by atoms with Crippen LogP contribution >= 0.6 is 15.9 Å². The molecule has 2 N–H and O–H groups in total. The van der Waals surface area contributed by atoms with Gasteiger partial charge in [-0.25, -0.2) is 0 Å². The largest absolute Gasteiger partial charge is 0.469 e. The third-order valence-electron chi connectivity index (χ3n) is 2.95. The second-order valence-corrected chi connectivity index (χ2v) is 5.54. The predicted octanol–water partition coefficient (Wildman–Crippen LogP) is 1.41. The molecule has 0 bridgehead atoms. The molecule has 0 heterocycles. The van der Waals surface area contributed by atoms with Gasteiger partial charge in [0.1, 0.15) is 0 Å². The highest BCUT2D eigenvalue weighted by Crippen LogP contribution is 2.21. The molecule has 1 atom stereocenters. The lowest BCUT2D eigenvalue weighted by Gasteiger charge is -2.18. The SMILES string of the molecule is COCCNCC(=O)NC(CC(=O)OC)c1cccc(Br)c1. The summed E-state index contributed by atoms with van der Waals surface area (Å²) in [5, 5.41) is 5.80. The van der Waals surface area contributed by atoms with Crippen LogP contribution < -0.4 is 10.6 Å². The molecule has 1 aromatic carbocycles. The summed E-state index contributed by atoms with van der Waals surface area (Å²) in [5.74, 6) is -0.567. The maximum absolute atomic E-state index is 12.0. The number of carbonyl (C=O) groups excluding carboxylic acids is 2. The fourth-order valence-corrected chi connectivity index (χ4v) is 2.26. The number of benzene rings is 1. The van der Waals surface area contributed by atoms with E-state index in [-0.39, 0.29) is 24.8 Å². The number of halogens is 1. The average Bonchev–Trinajstić information content (AvgIpc) is 2.50. The van der Waals surface area contributed by atoms with Crippen molar-refractivity contribution < 1.29 is 19.1 Å². The highest BCUT2D eigenvalue weighted by atomic mass is 79.9. The van der Waals surface area contributed by atoms with E-state index in [4.69, 9.17) is 9.47 Å². The lowest BCUT2D eigenvalue weighted by Crippen LogP contribution is -2.38. The number of esters is 1. The molecule has 22 heavy (non-hydrogen) atoms. The van der Waals surface area contributed by atoms with E-state index in [1.165, 1.54) is 7.11 Å². The molecule has 1 amide bonds. The van der Waals surface area contributed by atoms with Crippen molar-refractivity contribution >= 4 is 27.8 Å². The van der Waals surface area contributed by atoms with Gasteiger partial charge in [0.2, 0.25) is 5.91 Å². The van der Waals surface area contributed by atoms with Crippen molar-refractivity contribution in [2.75, 3.05) is 33.9 Å². The van der Waals surface area contributed by atoms with E-state index in [0.717, 1.165) is 10.0 Å². The molecular weight excluding hydrogens is 352 g/mol. The number of methoxy groups -OCH3 is 2. The minimum atomic E-state index is -0.429. The number of amides is 1. The Morgan fingerprint density at radius 3 is 2.73 bits per heavy atom. The summed E-state index contributed by atoms with van der Waals surface area (Å²) in [6, 6.07) is 7.03. The van der Waals surface area contributed by atoms with E-state index in [9.17, 15) is 9.59 Å². The molecule has 0 aliphatic carbocycles. The normalized spacial score (nSPS) is 11.8. The van der Waals surface area contributed by atoms with Gasteiger partial charge in [0.25, 0.3) is 0 Å². The third kappa shape index (κ3) is 7.02. The van der Waals surface area contributed by atoms with E-state index in [1.807, 2.05) is 24.3 Å². The summed E-state index contributed by atoms with van der Waals surface area (Å²) < 4.78 is 10.5. The van der Waals surface area contributed by atoms with Gasteiger partial charge in [-0.05, 0) is 17.7 Å². The van der Waals surface area contributed by atoms with Crippen LogP contribution in [0.2, 0.25) is 0 Å². The Labute approximate surface area is 138 Å². The van der Waals surface area contributed by atoms with Crippen LogP contribution in [-0.2, 0) is 19.1 Å². The van der Waals surface area contributed by atoms with Crippen LogP contribution in [-0.4, -0.2) is 45.8 Å². The monoisotopic (exact) mass is 372 g/mol. The molecule has 0 saturated carbocycles. The van der Waals surface area contributed by atoms with Gasteiger partial charge in [-0.2, -0.15) is 0 Å². The van der Waals surface area contributed by atoms with Crippen molar-refractivity contribution in [2.45, 2.75) is 12.5 Å². The zero-order valence-corrected chi connectivity index (χ0v) is 14.3. The topological polar surface area (TPSA) is 76.7 Å². The highest BCUT2D eigenvalue weighted by molar-refractivity contribution is 9.10. The lowest BCUT2D eigenvalue weighted by molar-refractivity contribution is -0.141. The summed E-state index contributed by atoms with van der Waals surface area (Å²) in [6.45, 7) is 1.28. The second kappa shape index (κ2) is 10.3. The maximum Gasteiger partial charge on any atom is 0.307 e. The molecule has 0 radical (unpaired) electrons. The van der Waals surface area contributed by atoms with E-state index >= 15 is 0 Å². The van der Waals surface area contributed by atoms with Crippen molar-refractivity contribution in [1.29, 1.82) is 0 Å². The van der Waals surface area contributed by atoms with Crippen molar-refractivity contribution in [3.63, 3.8) is 0 Å². The van der Waals surface area contributed by atoms with Gasteiger partial charge in [-0.1, -0.05) is 28.1 Å². The van der Waals surface area contributed by atoms with Gasteiger partial charge in [0.15, 0.2) is 0 Å². The van der Waals surface area contributed by atoms with Crippen LogP contribution in [0.5, 0.6) is 0 Å². The fraction of sp³-hybridized carbons (Fsp3) is 0.467. The molecular formula is C15H21BrN2O4. The molecule has 6 nitrogen and oxygen atoms in total. The van der Waals surface area contributed by atoms with E-state index < -0.39 is 6.04 Å². The lowest BCUT2D eigenvalue weighted by atomic mass is 10.0. The summed E-state index contributed by atoms with van der Waals surface area (Å²) in [7, 11) is 2.93. The summed E-state index contributed by atoms with van der Waals surface area (Å²) in [6.07, 6.45) is 0.0801. The van der Waals surface area contributed by atoms with E-state index in [0.29, 0.717) is 13.2 Å². The van der Waals surface area contributed by atoms with Crippen LogP contribution in [0.15, 0.2) is 28.7 Å². The highest BCUT2D eigenvalue weighted by Gasteiger charge is 2.19. The summed E-state index contributed by atoms with van der Waals surface area (Å²) in [5.41, 5.74) is 0.838. The fourth-order valence-electron chi connectivity index (χ4n) is 1.85.